The first-order valence-corrected chi connectivity index (χ1v) is 7.42. The van der Waals surface area contributed by atoms with Crippen molar-refractivity contribution in [2.45, 2.75) is 33.6 Å². The average Bonchev–Trinajstić information content (AvgIpc) is 2.29. The molecule has 5 nitrogen and oxygen atoms in total. The molecule has 0 rings (SSSR count). The zero-order valence-electron chi connectivity index (χ0n) is 10.5. The molecule has 17 heavy (non-hydrogen) atoms. The van der Waals surface area contributed by atoms with Crippen LogP contribution in [-0.4, -0.2) is 32.5 Å². The molecule has 0 aromatic heterocycles. The maximum Gasteiger partial charge on any atom is 0.326 e. The number of hydrogen-bond acceptors (Lipinski definition) is 5. The first-order valence-electron chi connectivity index (χ1n) is 5.60. The van der Waals surface area contributed by atoms with Crippen molar-refractivity contribution in [3.63, 3.8) is 0 Å². The molecule has 1 unspecified atom stereocenters. The minimum Gasteiger partial charge on any atom is -0.465 e. The van der Waals surface area contributed by atoms with Crippen LogP contribution in [0.4, 0.5) is 0 Å². The van der Waals surface area contributed by atoms with Crippen LogP contribution in [0.2, 0.25) is 0 Å². The Morgan fingerprint density at radius 3 is 2.41 bits per heavy atom. The van der Waals surface area contributed by atoms with Gasteiger partial charge in [-0.05, 0) is 26.7 Å². The van der Waals surface area contributed by atoms with E-state index in [1.807, 2.05) is 6.07 Å². The van der Waals surface area contributed by atoms with Crippen molar-refractivity contribution in [2.75, 3.05) is 18.1 Å². The van der Waals surface area contributed by atoms with Gasteiger partial charge in [-0.2, -0.15) is 5.26 Å². The summed E-state index contributed by atoms with van der Waals surface area (Å²) < 4.78 is 27.3. The summed E-state index contributed by atoms with van der Waals surface area (Å²) in [5, 5.41) is 8.97. The minimum atomic E-state index is -3.05. The smallest absolute Gasteiger partial charge is 0.326 e. The highest BCUT2D eigenvalue weighted by Crippen LogP contribution is 2.24. The van der Waals surface area contributed by atoms with E-state index in [9.17, 15) is 13.2 Å². The van der Waals surface area contributed by atoms with Gasteiger partial charge in [0.15, 0.2) is 5.41 Å². The van der Waals surface area contributed by atoms with Gasteiger partial charge in [-0.1, -0.05) is 6.92 Å². The summed E-state index contributed by atoms with van der Waals surface area (Å²) in [6.45, 7) is 4.92. The molecule has 0 aromatic rings. The number of rotatable bonds is 7. The lowest BCUT2D eigenvalue weighted by molar-refractivity contribution is -0.151. The highest BCUT2D eigenvalue weighted by Gasteiger charge is 2.34. The van der Waals surface area contributed by atoms with Gasteiger partial charge in [0.1, 0.15) is 9.84 Å². The van der Waals surface area contributed by atoms with E-state index in [1.165, 1.54) is 6.92 Å². The Morgan fingerprint density at radius 2 is 2.00 bits per heavy atom. The van der Waals surface area contributed by atoms with E-state index in [0.717, 1.165) is 0 Å². The van der Waals surface area contributed by atoms with E-state index >= 15 is 0 Å². The van der Waals surface area contributed by atoms with Gasteiger partial charge in [-0.3, -0.25) is 4.79 Å². The van der Waals surface area contributed by atoms with Gasteiger partial charge >= 0.3 is 5.97 Å². The van der Waals surface area contributed by atoms with Crippen molar-refractivity contribution >= 4 is 15.8 Å². The topological polar surface area (TPSA) is 84.2 Å². The van der Waals surface area contributed by atoms with Gasteiger partial charge in [-0.25, -0.2) is 8.42 Å². The zero-order valence-corrected chi connectivity index (χ0v) is 11.3. The monoisotopic (exact) mass is 261 g/mol. The molecule has 0 aromatic carbocycles. The quantitative estimate of drug-likeness (QED) is 0.645. The van der Waals surface area contributed by atoms with Crippen molar-refractivity contribution in [3.8, 4) is 6.07 Å². The molecule has 0 heterocycles. The van der Waals surface area contributed by atoms with Gasteiger partial charge < -0.3 is 4.74 Å². The molecule has 6 heteroatoms. The van der Waals surface area contributed by atoms with Crippen molar-refractivity contribution in [1.82, 2.24) is 0 Å². The number of nitrogens with zero attached hydrogens (tertiary/aromatic N) is 1. The van der Waals surface area contributed by atoms with Crippen molar-refractivity contribution in [1.29, 1.82) is 5.26 Å². The van der Waals surface area contributed by atoms with Crippen molar-refractivity contribution in [3.05, 3.63) is 0 Å². The highest BCUT2D eigenvalue weighted by molar-refractivity contribution is 7.91. The lowest BCUT2D eigenvalue weighted by atomic mass is 9.87. The fourth-order valence-corrected chi connectivity index (χ4v) is 2.16. The van der Waals surface area contributed by atoms with Gasteiger partial charge in [-0.15, -0.1) is 0 Å². The van der Waals surface area contributed by atoms with Crippen LogP contribution < -0.4 is 0 Å². The number of esters is 1. The van der Waals surface area contributed by atoms with E-state index < -0.39 is 21.2 Å². The van der Waals surface area contributed by atoms with E-state index in [2.05, 4.69) is 0 Å². The Labute approximate surface area is 103 Å². The molecule has 0 amide bonds. The minimum absolute atomic E-state index is 0.000174. The summed E-state index contributed by atoms with van der Waals surface area (Å²) >= 11 is 0. The molecule has 0 saturated carbocycles. The van der Waals surface area contributed by atoms with Gasteiger partial charge in [0.05, 0.1) is 18.4 Å². The first kappa shape index (κ1) is 15.9. The lowest BCUT2D eigenvalue weighted by Crippen LogP contribution is -2.29. The third kappa shape index (κ3) is 5.18. The Balaban J connectivity index is 4.43. The molecular weight excluding hydrogens is 242 g/mol. The number of sulfone groups is 1. The molecule has 0 aliphatic rings. The largest absolute Gasteiger partial charge is 0.465 e. The summed E-state index contributed by atoms with van der Waals surface area (Å²) in [5.41, 5.74) is -1.25. The van der Waals surface area contributed by atoms with E-state index in [4.69, 9.17) is 10.00 Å². The Bertz CT molecular complexity index is 396. The van der Waals surface area contributed by atoms with Gasteiger partial charge in [0, 0.05) is 5.75 Å². The van der Waals surface area contributed by atoms with E-state index in [1.54, 1.807) is 13.8 Å². The fourth-order valence-electron chi connectivity index (χ4n) is 1.28. The van der Waals surface area contributed by atoms with Crippen LogP contribution in [0.15, 0.2) is 0 Å². The molecule has 0 bridgehead atoms. The third-order valence-corrected chi connectivity index (χ3v) is 4.33. The van der Waals surface area contributed by atoms with Crippen molar-refractivity contribution < 1.29 is 17.9 Å². The van der Waals surface area contributed by atoms with Gasteiger partial charge in [0.25, 0.3) is 0 Å². The summed E-state index contributed by atoms with van der Waals surface area (Å²) in [5.74, 6) is -0.507. The third-order valence-electron chi connectivity index (χ3n) is 2.54. The predicted octanol–water partition coefficient (Wildman–Crippen LogP) is 1.29. The standard InChI is InChI=1S/C11H19NO4S/c1-4-16-10(13)11(3,9-12)7-6-8-17(14,15)5-2/h4-8H2,1-3H3. The maximum atomic E-state index is 11.5. The maximum absolute atomic E-state index is 11.5. The number of nitriles is 1. The van der Waals surface area contributed by atoms with Gasteiger partial charge in [0.2, 0.25) is 0 Å². The molecule has 98 valence electrons. The van der Waals surface area contributed by atoms with Crippen LogP contribution >= 0.6 is 0 Å². The average molecular weight is 261 g/mol. The SMILES string of the molecule is CCOC(=O)C(C)(C#N)CCCS(=O)(=O)CC. The summed E-state index contributed by atoms with van der Waals surface area (Å²) in [6, 6.07) is 1.90. The Hall–Kier alpha value is -1.09. The normalized spacial score (nSPS) is 14.7. The molecule has 1 atom stereocenters. The molecule has 0 radical (unpaired) electrons. The summed E-state index contributed by atoms with van der Waals surface area (Å²) in [7, 11) is -3.05. The molecule has 0 saturated heterocycles. The van der Waals surface area contributed by atoms with E-state index in [-0.39, 0.29) is 24.5 Å². The van der Waals surface area contributed by atoms with Crippen LogP contribution in [0.3, 0.4) is 0 Å². The zero-order chi connectivity index (χ0) is 13.5. The second kappa shape index (κ2) is 6.60. The molecule has 0 spiro atoms. The van der Waals surface area contributed by atoms with E-state index in [0.29, 0.717) is 6.42 Å². The number of carbonyl (C=O) groups is 1. The Kier molecular flexibility index (Phi) is 6.18. The fraction of sp³-hybridized carbons (Fsp3) is 0.818. The summed E-state index contributed by atoms with van der Waals surface area (Å²) in [6.07, 6.45) is 0.487. The van der Waals surface area contributed by atoms with Crippen LogP contribution in [-0.2, 0) is 19.4 Å². The second-order valence-corrected chi connectivity index (χ2v) is 6.48. The van der Waals surface area contributed by atoms with Crippen molar-refractivity contribution in [2.24, 2.45) is 5.41 Å². The second-order valence-electron chi connectivity index (χ2n) is 4.00. The number of carbonyl (C=O) groups excluding carboxylic acids is 1. The number of ether oxygens (including phenoxy) is 1. The Morgan fingerprint density at radius 1 is 1.41 bits per heavy atom. The first-order chi connectivity index (χ1) is 7.81. The number of hydrogen-bond donors (Lipinski definition) is 0. The molecule has 0 aliphatic carbocycles. The summed E-state index contributed by atoms with van der Waals surface area (Å²) in [4.78, 5) is 11.5. The molecule has 0 N–H and O–H groups in total. The molecular formula is C11H19NO4S. The van der Waals surface area contributed by atoms with Crippen LogP contribution in [0, 0.1) is 16.7 Å². The van der Waals surface area contributed by atoms with Crippen LogP contribution in [0.5, 0.6) is 0 Å². The molecule has 0 fully saturated rings. The predicted molar refractivity (Wildman–Crippen MR) is 63.9 cm³/mol. The van der Waals surface area contributed by atoms with Crippen LogP contribution in [0.1, 0.15) is 33.6 Å². The molecule has 0 aliphatic heterocycles. The highest BCUT2D eigenvalue weighted by atomic mass is 32.2. The van der Waals surface area contributed by atoms with Crippen LogP contribution in [0.25, 0.3) is 0 Å². The lowest BCUT2D eigenvalue weighted by Gasteiger charge is -2.18.